The van der Waals surface area contributed by atoms with Crippen LogP contribution in [-0.2, 0) is 0 Å². The third-order valence-electron chi connectivity index (χ3n) is 2.74. The maximum Gasteiger partial charge on any atom is 0.0355 e. The molecule has 60 valence electrons. The first-order chi connectivity index (χ1) is 5.29. The first kappa shape index (κ1) is 6.96. The highest BCUT2D eigenvalue weighted by atomic mass is 15.1. The summed E-state index contributed by atoms with van der Waals surface area (Å²) in [5.41, 5.74) is 3.17. The molecule has 11 heavy (non-hydrogen) atoms. The Balaban J connectivity index is 2.33. The van der Waals surface area contributed by atoms with Crippen molar-refractivity contribution in [2.45, 2.75) is 19.8 Å². The standard InChI is InChI=1S/C10H15N/c1-8-7-11(2)10-6-4-3-5-9(8)10/h4,6,8H,3,5,7H2,1-2H3. The molecule has 0 aromatic rings. The molecule has 0 fully saturated rings. The van der Waals surface area contributed by atoms with Crippen LogP contribution in [0.25, 0.3) is 0 Å². The molecular weight excluding hydrogens is 134 g/mol. The van der Waals surface area contributed by atoms with E-state index in [9.17, 15) is 0 Å². The van der Waals surface area contributed by atoms with Crippen LogP contribution >= 0.6 is 0 Å². The highest BCUT2D eigenvalue weighted by Gasteiger charge is 2.24. The van der Waals surface area contributed by atoms with E-state index in [4.69, 9.17) is 0 Å². The molecule has 1 heteroatoms. The summed E-state index contributed by atoms with van der Waals surface area (Å²) in [7, 11) is 2.19. The molecule has 0 radical (unpaired) electrons. The first-order valence-corrected chi connectivity index (χ1v) is 4.40. The quantitative estimate of drug-likeness (QED) is 0.510. The minimum atomic E-state index is 0.792. The summed E-state index contributed by atoms with van der Waals surface area (Å²) in [6.45, 7) is 3.55. The van der Waals surface area contributed by atoms with Crippen LogP contribution in [0.2, 0.25) is 0 Å². The van der Waals surface area contributed by atoms with Gasteiger partial charge in [-0.15, -0.1) is 0 Å². The fraction of sp³-hybridized carbons (Fsp3) is 0.600. The smallest absolute Gasteiger partial charge is 0.0355 e. The largest absolute Gasteiger partial charge is 0.374 e. The zero-order valence-corrected chi connectivity index (χ0v) is 7.30. The lowest BCUT2D eigenvalue weighted by Crippen LogP contribution is -2.14. The van der Waals surface area contributed by atoms with E-state index < -0.39 is 0 Å². The van der Waals surface area contributed by atoms with Crippen LogP contribution in [0, 0.1) is 5.92 Å². The summed E-state index contributed by atoms with van der Waals surface area (Å²) in [5, 5.41) is 0. The van der Waals surface area contributed by atoms with E-state index in [1.807, 2.05) is 0 Å². The maximum absolute atomic E-state index is 2.37. The van der Waals surface area contributed by atoms with Crippen molar-refractivity contribution in [3.8, 4) is 0 Å². The van der Waals surface area contributed by atoms with Gasteiger partial charge in [-0.25, -0.2) is 0 Å². The fourth-order valence-electron chi connectivity index (χ4n) is 2.16. The van der Waals surface area contributed by atoms with Crippen molar-refractivity contribution in [2.75, 3.05) is 13.6 Å². The zero-order valence-electron chi connectivity index (χ0n) is 7.30. The molecule has 0 spiro atoms. The van der Waals surface area contributed by atoms with Gasteiger partial charge in [-0.3, -0.25) is 0 Å². The van der Waals surface area contributed by atoms with Crippen LogP contribution in [0.1, 0.15) is 19.8 Å². The van der Waals surface area contributed by atoms with Gasteiger partial charge in [-0.05, 0) is 30.4 Å². The van der Waals surface area contributed by atoms with Crippen molar-refractivity contribution in [1.82, 2.24) is 4.90 Å². The lowest BCUT2D eigenvalue weighted by Gasteiger charge is -2.15. The molecular formula is C10H15N. The number of likely N-dealkylation sites (N-methyl/N-ethyl adjacent to an activating group) is 1. The van der Waals surface area contributed by atoms with Gasteiger partial charge in [0.15, 0.2) is 0 Å². The lowest BCUT2D eigenvalue weighted by atomic mass is 9.95. The zero-order chi connectivity index (χ0) is 7.84. The van der Waals surface area contributed by atoms with Gasteiger partial charge in [0, 0.05) is 19.3 Å². The Morgan fingerprint density at radius 2 is 2.36 bits per heavy atom. The SMILES string of the molecule is CC1CN(C)C2=C1CCC=C2. The van der Waals surface area contributed by atoms with E-state index in [2.05, 4.69) is 31.0 Å². The summed E-state index contributed by atoms with van der Waals surface area (Å²) < 4.78 is 0. The monoisotopic (exact) mass is 149 g/mol. The molecule has 0 saturated heterocycles. The molecule has 2 aliphatic rings. The van der Waals surface area contributed by atoms with Crippen molar-refractivity contribution >= 4 is 0 Å². The molecule has 0 amide bonds. The first-order valence-electron chi connectivity index (χ1n) is 4.40. The van der Waals surface area contributed by atoms with E-state index in [0.29, 0.717) is 0 Å². The second kappa shape index (κ2) is 2.40. The van der Waals surface area contributed by atoms with E-state index in [1.165, 1.54) is 25.1 Å². The fourth-order valence-corrected chi connectivity index (χ4v) is 2.16. The highest BCUT2D eigenvalue weighted by Crippen LogP contribution is 2.33. The van der Waals surface area contributed by atoms with Crippen LogP contribution in [-0.4, -0.2) is 18.5 Å². The maximum atomic E-state index is 2.37. The van der Waals surface area contributed by atoms with Gasteiger partial charge in [-0.2, -0.15) is 0 Å². The Morgan fingerprint density at radius 1 is 1.55 bits per heavy atom. The molecule has 1 aliphatic carbocycles. The Kier molecular flexibility index (Phi) is 1.52. The van der Waals surface area contributed by atoms with Gasteiger partial charge in [0.25, 0.3) is 0 Å². The van der Waals surface area contributed by atoms with Crippen molar-refractivity contribution in [1.29, 1.82) is 0 Å². The molecule has 0 saturated carbocycles. The van der Waals surface area contributed by atoms with E-state index in [-0.39, 0.29) is 0 Å². The molecule has 1 aliphatic heterocycles. The third kappa shape index (κ3) is 0.991. The van der Waals surface area contributed by atoms with Crippen molar-refractivity contribution < 1.29 is 0 Å². The van der Waals surface area contributed by atoms with Crippen LogP contribution in [0.15, 0.2) is 23.4 Å². The number of rotatable bonds is 0. The van der Waals surface area contributed by atoms with Crippen LogP contribution in [0.5, 0.6) is 0 Å². The molecule has 1 atom stereocenters. The Labute approximate surface area is 68.4 Å². The van der Waals surface area contributed by atoms with Crippen molar-refractivity contribution in [3.63, 3.8) is 0 Å². The number of hydrogen-bond donors (Lipinski definition) is 0. The second-order valence-corrected chi connectivity index (χ2v) is 3.63. The molecule has 0 bridgehead atoms. The summed E-state index contributed by atoms with van der Waals surface area (Å²) in [6, 6.07) is 0. The summed E-state index contributed by atoms with van der Waals surface area (Å²) in [5.74, 6) is 0.792. The molecule has 1 unspecified atom stereocenters. The van der Waals surface area contributed by atoms with Crippen molar-refractivity contribution in [2.24, 2.45) is 5.92 Å². The predicted octanol–water partition coefficient (Wildman–Crippen LogP) is 2.17. The molecule has 0 N–H and O–H groups in total. The van der Waals surface area contributed by atoms with Crippen LogP contribution in [0.3, 0.4) is 0 Å². The van der Waals surface area contributed by atoms with Gasteiger partial charge in [0.2, 0.25) is 0 Å². The number of nitrogens with zero attached hydrogens (tertiary/aromatic N) is 1. The summed E-state index contributed by atoms with van der Waals surface area (Å²) in [4.78, 5) is 2.37. The molecule has 0 aromatic heterocycles. The van der Waals surface area contributed by atoms with Crippen LogP contribution < -0.4 is 0 Å². The Morgan fingerprint density at radius 3 is 3.09 bits per heavy atom. The molecule has 0 aromatic carbocycles. The summed E-state index contributed by atoms with van der Waals surface area (Å²) >= 11 is 0. The predicted molar refractivity (Wildman–Crippen MR) is 47.2 cm³/mol. The van der Waals surface area contributed by atoms with E-state index in [0.717, 1.165) is 5.92 Å². The average molecular weight is 149 g/mol. The topological polar surface area (TPSA) is 3.24 Å². The Hall–Kier alpha value is -0.720. The van der Waals surface area contributed by atoms with Gasteiger partial charge in [0.05, 0.1) is 0 Å². The third-order valence-corrected chi connectivity index (χ3v) is 2.74. The molecule has 1 heterocycles. The molecule has 2 rings (SSSR count). The molecule has 1 nitrogen and oxygen atoms in total. The van der Waals surface area contributed by atoms with Gasteiger partial charge in [-0.1, -0.05) is 13.0 Å². The summed E-state index contributed by atoms with van der Waals surface area (Å²) in [6.07, 6.45) is 7.10. The van der Waals surface area contributed by atoms with E-state index in [1.54, 1.807) is 5.57 Å². The minimum absolute atomic E-state index is 0.792. The van der Waals surface area contributed by atoms with Crippen LogP contribution in [0.4, 0.5) is 0 Å². The number of allylic oxidation sites excluding steroid dienone is 2. The van der Waals surface area contributed by atoms with Crippen molar-refractivity contribution in [3.05, 3.63) is 23.4 Å². The van der Waals surface area contributed by atoms with Gasteiger partial charge in [0.1, 0.15) is 0 Å². The normalized spacial score (nSPS) is 29.6. The second-order valence-electron chi connectivity index (χ2n) is 3.63. The van der Waals surface area contributed by atoms with Gasteiger partial charge < -0.3 is 4.90 Å². The Bertz CT molecular complexity index is 225. The average Bonchev–Trinajstić information content (AvgIpc) is 2.30. The van der Waals surface area contributed by atoms with E-state index >= 15 is 0 Å². The minimum Gasteiger partial charge on any atom is -0.374 e. The highest BCUT2D eigenvalue weighted by molar-refractivity contribution is 5.33. The lowest BCUT2D eigenvalue weighted by molar-refractivity contribution is 0.431. The van der Waals surface area contributed by atoms with Gasteiger partial charge >= 0.3 is 0 Å². The number of hydrogen-bond acceptors (Lipinski definition) is 1.